The highest BCUT2D eigenvalue weighted by Crippen LogP contribution is 2.38. The van der Waals surface area contributed by atoms with Crippen LogP contribution in [0.2, 0.25) is 5.02 Å². The summed E-state index contributed by atoms with van der Waals surface area (Å²) in [4.78, 5) is 40.2. The van der Waals surface area contributed by atoms with Crippen molar-refractivity contribution in [3.8, 4) is 16.9 Å². The summed E-state index contributed by atoms with van der Waals surface area (Å²) in [6, 6.07) is 19.6. The quantitative estimate of drug-likeness (QED) is 0.0694. The number of carboxylic acids is 1. The number of carbonyl (C=O) groups excluding carboxylic acids is 2. The Balaban J connectivity index is 0.000000322. The molecule has 0 spiro atoms. The van der Waals surface area contributed by atoms with Crippen LogP contribution in [0, 0.1) is 5.82 Å². The number of nitrogens with zero attached hydrogens (tertiary/aromatic N) is 1. The van der Waals surface area contributed by atoms with Crippen LogP contribution in [0.4, 0.5) is 4.39 Å². The summed E-state index contributed by atoms with van der Waals surface area (Å²) in [6.45, 7) is 15.3. The lowest BCUT2D eigenvalue weighted by Crippen LogP contribution is -2.40. The van der Waals surface area contributed by atoms with Crippen LogP contribution in [0.15, 0.2) is 78.9 Å². The third-order valence-electron chi connectivity index (χ3n) is 8.75. The van der Waals surface area contributed by atoms with Gasteiger partial charge >= 0.3 is 11.9 Å². The van der Waals surface area contributed by atoms with E-state index < -0.39 is 36.2 Å². The Morgan fingerprint density at radius 3 is 1.90 bits per heavy atom. The van der Waals surface area contributed by atoms with Gasteiger partial charge in [-0.2, -0.15) is 0 Å². The molecule has 0 aliphatic carbocycles. The number of methoxy groups -OCH3 is 1. The molecule has 0 saturated heterocycles. The molecule has 2 atom stereocenters. The van der Waals surface area contributed by atoms with Crippen LogP contribution in [0.3, 0.4) is 0 Å². The van der Waals surface area contributed by atoms with E-state index in [1.807, 2.05) is 13.8 Å². The molecule has 0 aliphatic heterocycles. The maximum absolute atomic E-state index is 13.7. The lowest BCUT2D eigenvalue weighted by Gasteiger charge is -2.25. The molecule has 0 aliphatic rings. The van der Waals surface area contributed by atoms with Crippen molar-refractivity contribution >= 4 is 35.4 Å². The van der Waals surface area contributed by atoms with Crippen LogP contribution in [0.1, 0.15) is 119 Å². The van der Waals surface area contributed by atoms with Gasteiger partial charge in [0, 0.05) is 46.5 Å². The number of pyridine rings is 1. The summed E-state index contributed by atoms with van der Waals surface area (Å²) >= 11 is 5.84. The fourth-order valence-electron chi connectivity index (χ4n) is 5.98. The van der Waals surface area contributed by atoms with E-state index in [1.54, 1.807) is 102 Å². The number of benzene rings is 3. The van der Waals surface area contributed by atoms with Crippen molar-refractivity contribution in [1.29, 1.82) is 0 Å². The summed E-state index contributed by atoms with van der Waals surface area (Å²) in [6.07, 6.45) is 0.328. The maximum atomic E-state index is 13.7. The van der Waals surface area contributed by atoms with E-state index in [-0.39, 0.29) is 36.0 Å². The zero-order chi connectivity index (χ0) is 43.3. The number of esters is 1. The molecule has 0 fully saturated rings. The standard InChI is InChI=1S/C26H34FNO5.C20H21ClO4/c1-15(2)25-21(11-10-19(29)12-20(30)13-23(31)32)24(17-6-8-18(27)9-7-17)22(14-33-5)26(28-25)16(3)4;1-13(2)24-19(23)20(3,4)25-17-11-7-15(8-12-17)18(22)14-5-9-16(21)10-6-14/h6-11,15-16,19-20,29-30H,12-14H2,1-5H3,(H,31,32);5-13H,1-4H3/b11-10+;/t19-,20-;/m1./s1. The number of aliphatic carboxylic acids is 1. The molecule has 0 unspecified atom stereocenters. The first kappa shape index (κ1) is 47.4. The first-order valence-electron chi connectivity index (χ1n) is 19.1. The smallest absolute Gasteiger partial charge is 0.350 e. The highest BCUT2D eigenvalue weighted by Gasteiger charge is 2.32. The first-order chi connectivity index (χ1) is 27.2. The molecule has 0 saturated carbocycles. The van der Waals surface area contributed by atoms with E-state index >= 15 is 0 Å². The van der Waals surface area contributed by atoms with Gasteiger partial charge in [0.25, 0.3) is 0 Å². The minimum atomic E-state index is -1.16. The molecule has 0 bridgehead atoms. The number of aliphatic hydroxyl groups excluding tert-OH is 2. The Labute approximate surface area is 345 Å². The fraction of sp³-hybridized carbons (Fsp3) is 0.391. The van der Waals surface area contributed by atoms with Crippen LogP contribution < -0.4 is 4.74 Å². The number of hydrogen-bond acceptors (Lipinski definition) is 9. The summed E-state index contributed by atoms with van der Waals surface area (Å²) in [5, 5.41) is 29.7. The van der Waals surface area contributed by atoms with Crippen LogP contribution in [0.25, 0.3) is 17.2 Å². The van der Waals surface area contributed by atoms with Crippen LogP contribution >= 0.6 is 11.6 Å². The average molecular weight is 820 g/mol. The van der Waals surface area contributed by atoms with Gasteiger partial charge in [-0.1, -0.05) is 63.6 Å². The lowest BCUT2D eigenvalue weighted by atomic mass is 9.87. The minimum Gasteiger partial charge on any atom is -0.481 e. The molecule has 4 aromatic rings. The monoisotopic (exact) mass is 819 g/mol. The number of carboxylic acid groups (broad SMARTS) is 1. The third-order valence-corrected chi connectivity index (χ3v) is 9.00. The van der Waals surface area contributed by atoms with Crippen LogP contribution in [0.5, 0.6) is 5.75 Å². The van der Waals surface area contributed by atoms with E-state index in [4.69, 9.17) is 35.9 Å². The van der Waals surface area contributed by atoms with Gasteiger partial charge in [-0.15, -0.1) is 0 Å². The molecule has 3 aromatic carbocycles. The molecule has 312 valence electrons. The first-order valence-corrected chi connectivity index (χ1v) is 19.5. The van der Waals surface area contributed by atoms with Crippen molar-refractivity contribution in [2.45, 2.75) is 111 Å². The molecule has 4 rings (SSSR count). The SMILES string of the molecule is CC(C)OC(=O)C(C)(C)Oc1ccc(C(=O)c2ccc(Cl)cc2)cc1.COCc1c(C(C)C)nc(C(C)C)c(/C=C/[C@@H](O)C[C@@H](O)CC(=O)O)c1-c1ccc(F)cc1. The van der Waals surface area contributed by atoms with Gasteiger partial charge in [0.1, 0.15) is 11.6 Å². The Bertz CT molecular complexity index is 2010. The summed E-state index contributed by atoms with van der Waals surface area (Å²) < 4.78 is 30.1. The Morgan fingerprint density at radius 2 is 1.40 bits per heavy atom. The van der Waals surface area contributed by atoms with Crippen molar-refractivity contribution in [3.63, 3.8) is 0 Å². The topological polar surface area (TPSA) is 152 Å². The molecule has 58 heavy (non-hydrogen) atoms. The third kappa shape index (κ3) is 13.9. The summed E-state index contributed by atoms with van der Waals surface area (Å²) in [7, 11) is 1.61. The van der Waals surface area contributed by atoms with E-state index in [0.29, 0.717) is 28.5 Å². The largest absolute Gasteiger partial charge is 0.481 e. The van der Waals surface area contributed by atoms with Gasteiger partial charge in [0.2, 0.25) is 0 Å². The summed E-state index contributed by atoms with van der Waals surface area (Å²) in [5.74, 6) is -1.34. The maximum Gasteiger partial charge on any atom is 0.350 e. The number of rotatable bonds is 17. The Kier molecular flexibility index (Phi) is 17.8. The number of ether oxygens (including phenoxy) is 3. The predicted octanol–water partition coefficient (Wildman–Crippen LogP) is 9.56. The molecule has 10 nitrogen and oxygen atoms in total. The van der Waals surface area contributed by atoms with E-state index in [0.717, 1.165) is 33.6 Å². The normalized spacial score (nSPS) is 12.7. The van der Waals surface area contributed by atoms with E-state index in [2.05, 4.69) is 13.8 Å². The van der Waals surface area contributed by atoms with Gasteiger partial charge in [0.15, 0.2) is 11.4 Å². The number of halogens is 2. The second kappa shape index (κ2) is 21.7. The number of hydrogen-bond donors (Lipinski definition) is 3. The zero-order valence-corrected chi connectivity index (χ0v) is 35.3. The lowest BCUT2D eigenvalue weighted by molar-refractivity contribution is -0.163. The van der Waals surface area contributed by atoms with E-state index in [9.17, 15) is 29.0 Å². The van der Waals surface area contributed by atoms with Gasteiger partial charge in [-0.3, -0.25) is 14.6 Å². The van der Waals surface area contributed by atoms with Crippen molar-refractivity contribution < 1.29 is 48.3 Å². The summed E-state index contributed by atoms with van der Waals surface area (Å²) in [5.41, 5.74) is 5.01. The van der Waals surface area contributed by atoms with Crippen molar-refractivity contribution in [2.24, 2.45) is 0 Å². The molecule has 1 aromatic heterocycles. The molecular formula is C46H55ClFNO9. The Morgan fingerprint density at radius 1 is 0.845 bits per heavy atom. The minimum absolute atomic E-state index is 0.0627. The molecule has 12 heteroatoms. The Hall–Kier alpha value is -4.94. The predicted molar refractivity (Wildman–Crippen MR) is 224 cm³/mol. The zero-order valence-electron chi connectivity index (χ0n) is 34.6. The van der Waals surface area contributed by atoms with Gasteiger partial charge < -0.3 is 29.5 Å². The van der Waals surface area contributed by atoms with Crippen molar-refractivity contribution in [1.82, 2.24) is 4.98 Å². The van der Waals surface area contributed by atoms with Crippen molar-refractivity contribution in [2.75, 3.05) is 7.11 Å². The molecular weight excluding hydrogens is 765 g/mol. The van der Waals surface area contributed by atoms with Gasteiger partial charge in [0.05, 0.1) is 37.0 Å². The molecule has 1 heterocycles. The number of aliphatic hydroxyl groups is 2. The van der Waals surface area contributed by atoms with Crippen LogP contribution in [-0.2, 0) is 25.7 Å². The average Bonchev–Trinajstić information content (AvgIpc) is 3.14. The fourth-order valence-corrected chi connectivity index (χ4v) is 6.11. The number of aromatic nitrogens is 1. The van der Waals surface area contributed by atoms with Crippen LogP contribution in [-0.4, -0.2) is 69.0 Å². The van der Waals surface area contributed by atoms with E-state index in [1.165, 1.54) is 18.2 Å². The number of carbonyl (C=O) groups is 3. The second-order valence-corrected chi connectivity index (χ2v) is 15.7. The molecule has 3 N–H and O–H groups in total. The highest BCUT2D eigenvalue weighted by molar-refractivity contribution is 6.30. The van der Waals surface area contributed by atoms with Crippen molar-refractivity contribution in [3.05, 3.63) is 123 Å². The molecule has 0 amide bonds. The molecule has 0 radical (unpaired) electrons. The highest BCUT2D eigenvalue weighted by atomic mass is 35.5. The van der Waals surface area contributed by atoms with Gasteiger partial charge in [-0.25, -0.2) is 9.18 Å². The number of ketones is 1. The second-order valence-electron chi connectivity index (χ2n) is 15.2. The van der Waals surface area contributed by atoms with Gasteiger partial charge in [-0.05, 0) is 111 Å².